The lowest BCUT2D eigenvalue weighted by Crippen LogP contribution is -2.31. The van der Waals surface area contributed by atoms with Crippen molar-refractivity contribution in [3.05, 3.63) is 29.8 Å². The van der Waals surface area contributed by atoms with Crippen LogP contribution in [-0.2, 0) is 5.54 Å². The van der Waals surface area contributed by atoms with E-state index in [1.54, 1.807) is 0 Å². The van der Waals surface area contributed by atoms with Crippen molar-refractivity contribution in [3.63, 3.8) is 0 Å². The summed E-state index contributed by atoms with van der Waals surface area (Å²) in [5.74, 6) is 0.898. The highest BCUT2D eigenvalue weighted by atomic mass is 16.5. The lowest BCUT2D eigenvalue weighted by molar-refractivity contribution is 0.338. The molecular formula is C12H19NO. The third kappa shape index (κ3) is 2.48. The molecule has 0 radical (unpaired) electrons. The van der Waals surface area contributed by atoms with E-state index in [1.807, 2.05) is 38.1 Å². The molecule has 2 nitrogen and oxygen atoms in total. The van der Waals surface area contributed by atoms with Gasteiger partial charge in [-0.1, -0.05) is 19.1 Å². The van der Waals surface area contributed by atoms with Gasteiger partial charge in [-0.2, -0.15) is 0 Å². The van der Waals surface area contributed by atoms with Crippen LogP contribution in [0.2, 0.25) is 0 Å². The average Bonchev–Trinajstić information content (AvgIpc) is 2.19. The van der Waals surface area contributed by atoms with Crippen molar-refractivity contribution in [1.29, 1.82) is 0 Å². The Balaban J connectivity index is 2.93. The highest BCUT2D eigenvalue weighted by Gasteiger charge is 2.18. The zero-order valence-corrected chi connectivity index (χ0v) is 9.21. The summed E-state index contributed by atoms with van der Waals surface area (Å²) >= 11 is 0. The molecule has 1 unspecified atom stereocenters. The van der Waals surface area contributed by atoms with Crippen molar-refractivity contribution < 1.29 is 4.74 Å². The number of nitrogens with two attached hydrogens (primary N) is 1. The number of ether oxygens (including phenoxy) is 1. The van der Waals surface area contributed by atoms with Crippen molar-refractivity contribution in [3.8, 4) is 5.75 Å². The Kier molecular flexibility index (Phi) is 3.53. The van der Waals surface area contributed by atoms with Crippen LogP contribution in [0, 0.1) is 0 Å². The molecule has 1 aromatic rings. The van der Waals surface area contributed by atoms with Gasteiger partial charge in [0.1, 0.15) is 5.75 Å². The normalized spacial score (nSPS) is 14.9. The summed E-state index contributed by atoms with van der Waals surface area (Å²) in [6.07, 6.45) is 0.919. The number of hydrogen-bond acceptors (Lipinski definition) is 2. The minimum absolute atomic E-state index is 0.257. The first-order chi connectivity index (χ1) is 6.60. The maximum atomic E-state index is 6.15. The van der Waals surface area contributed by atoms with Gasteiger partial charge in [0.05, 0.1) is 6.61 Å². The van der Waals surface area contributed by atoms with E-state index in [4.69, 9.17) is 10.5 Å². The molecular weight excluding hydrogens is 174 g/mol. The first-order valence-corrected chi connectivity index (χ1v) is 5.12. The second-order valence-electron chi connectivity index (χ2n) is 3.73. The molecule has 0 fully saturated rings. The standard InChI is InChI=1S/C12H19NO/c1-4-12(3,13)10-7-6-8-11(9-10)14-5-2/h6-9H,4-5,13H2,1-3H3. The van der Waals surface area contributed by atoms with Gasteiger partial charge in [-0.15, -0.1) is 0 Å². The topological polar surface area (TPSA) is 35.2 Å². The predicted molar refractivity (Wildman–Crippen MR) is 59.4 cm³/mol. The fourth-order valence-electron chi connectivity index (χ4n) is 1.31. The molecule has 0 heterocycles. The zero-order valence-electron chi connectivity index (χ0n) is 9.21. The van der Waals surface area contributed by atoms with Gasteiger partial charge in [0, 0.05) is 5.54 Å². The molecule has 1 aromatic carbocycles. The molecule has 0 aromatic heterocycles. The highest BCUT2D eigenvalue weighted by Crippen LogP contribution is 2.24. The summed E-state index contributed by atoms with van der Waals surface area (Å²) in [6, 6.07) is 8.01. The Hall–Kier alpha value is -1.02. The maximum absolute atomic E-state index is 6.15. The smallest absolute Gasteiger partial charge is 0.119 e. The van der Waals surface area contributed by atoms with Crippen LogP contribution in [0.5, 0.6) is 5.75 Å². The van der Waals surface area contributed by atoms with E-state index in [2.05, 4.69) is 6.92 Å². The molecule has 2 N–H and O–H groups in total. The van der Waals surface area contributed by atoms with Crippen LogP contribution >= 0.6 is 0 Å². The Bertz CT molecular complexity index is 294. The average molecular weight is 193 g/mol. The first-order valence-electron chi connectivity index (χ1n) is 5.12. The quantitative estimate of drug-likeness (QED) is 0.798. The fraction of sp³-hybridized carbons (Fsp3) is 0.500. The Morgan fingerprint density at radius 2 is 2.07 bits per heavy atom. The van der Waals surface area contributed by atoms with Crippen molar-refractivity contribution >= 4 is 0 Å². The third-order valence-corrected chi connectivity index (χ3v) is 2.54. The van der Waals surface area contributed by atoms with Crippen LogP contribution in [0.25, 0.3) is 0 Å². The van der Waals surface area contributed by atoms with Crippen LogP contribution in [0.15, 0.2) is 24.3 Å². The molecule has 0 aliphatic carbocycles. The highest BCUT2D eigenvalue weighted by molar-refractivity contribution is 5.32. The summed E-state index contributed by atoms with van der Waals surface area (Å²) in [4.78, 5) is 0. The van der Waals surface area contributed by atoms with E-state index in [0.717, 1.165) is 17.7 Å². The van der Waals surface area contributed by atoms with Crippen LogP contribution in [0.3, 0.4) is 0 Å². The van der Waals surface area contributed by atoms with Crippen molar-refractivity contribution in [2.45, 2.75) is 32.7 Å². The summed E-state index contributed by atoms with van der Waals surface area (Å²) in [6.45, 7) is 6.80. The SMILES string of the molecule is CCOc1cccc(C(C)(N)CC)c1. The van der Waals surface area contributed by atoms with Crippen LogP contribution in [0.1, 0.15) is 32.8 Å². The van der Waals surface area contributed by atoms with Crippen molar-refractivity contribution in [2.75, 3.05) is 6.61 Å². The van der Waals surface area contributed by atoms with Crippen LogP contribution in [0.4, 0.5) is 0 Å². The summed E-state index contributed by atoms with van der Waals surface area (Å²) in [5, 5.41) is 0. The lowest BCUT2D eigenvalue weighted by Gasteiger charge is -2.23. The molecule has 14 heavy (non-hydrogen) atoms. The van der Waals surface area contributed by atoms with E-state index in [9.17, 15) is 0 Å². The van der Waals surface area contributed by atoms with E-state index < -0.39 is 0 Å². The van der Waals surface area contributed by atoms with Gasteiger partial charge in [0.15, 0.2) is 0 Å². The van der Waals surface area contributed by atoms with Crippen molar-refractivity contribution in [2.24, 2.45) is 5.73 Å². The minimum atomic E-state index is -0.257. The lowest BCUT2D eigenvalue weighted by atomic mass is 9.90. The Labute approximate surface area is 86.1 Å². The van der Waals surface area contributed by atoms with E-state index in [1.165, 1.54) is 0 Å². The first kappa shape index (κ1) is 11.1. The second kappa shape index (κ2) is 4.47. The molecule has 1 rings (SSSR count). The molecule has 78 valence electrons. The Morgan fingerprint density at radius 3 is 2.64 bits per heavy atom. The molecule has 0 spiro atoms. The monoisotopic (exact) mass is 193 g/mol. The van der Waals surface area contributed by atoms with E-state index in [0.29, 0.717) is 6.61 Å². The second-order valence-corrected chi connectivity index (χ2v) is 3.73. The predicted octanol–water partition coefficient (Wildman–Crippen LogP) is 2.67. The minimum Gasteiger partial charge on any atom is -0.494 e. The van der Waals surface area contributed by atoms with Crippen molar-refractivity contribution in [1.82, 2.24) is 0 Å². The van der Waals surface area contributed by atoms with Crippen LogP contribution in [-0.4, -0.2) is 6.61 Å². The van der Waals surface area contributed by atoms with Gasteiger partial charge < -0.3 is 10.5 Å². The van der Waals surface area contributed by atoms with Gasteiger partial charge in [-0.25, -0.2) is 0 Å². The molecule has 0 saturated heterocycles. The Morgan fingerprint density at radius 1 is 1.36 bits per heavy atom. The fourth-order valence-corrected chi connectivity index (χ4v) is 1.31. The van der Waals surface area contributed by atoms with E-state index >= 15 is 0 Å². The van der Waals surface area contributed by atoms with E-state index in [-0.39, 0.29) is 5.54 Å². The molecule has 0 amide bonds. The molecule has 1 atom stereocenters. The molecule has 0 aliphatic rings. The molecule has 0 bridgehead atoms. The van der Waals surface area contributed by atoms with Gasteiger partial charge >= 0.3 is 0 Å². The largest absolute Gasteiger partial charge is 0.494 e. The number of benzene rings is 1. The van der Waals surface area contributed by atoms with Crippen LogP contribution < -0.4 is 10.5 Å². The third-order valence-electron chi connectivity index (χ3n) is 2.54. The van der Waals surface area contributed by atoms with Gasteiger partial charge in [0.2, 0.25) is 0 Å². The molecule has 2 heteroatoms. The van der Waals surface area contributed by atoms with Gasteiger partial charge in [-0.3, -0.25) is 0 Å². The molecule has 0 saturated carbocycles. The zero-order chi connectivity index (χ0) is 10.6. The number of rotatable bonds is 4. The van der Waals surface area contributed by atoms with Gasteiger partial charge in [-0.05, 0) is 38.0 Å². The summed E-state index contributed by atoms with van der Waals surface area (Å²) in [7, 11) is 0. The maximum Gasteiger partial charge on any atom is 0.119 e. The molecule has 0 aliphatic heterocycles. The van der Waals surface area contributed by atoms with Gasteiger partial charge in [0.25, 0.3) is 0 Å². The number of hydrogen-bond donors (Lipinski definition) is 1. The summed E-state index contributed by atoms with van der Waals surface area (Å²) in [5.41, 5.74) is 7.02. The summed E-state index contributed by atoms with van der Waals surface area (Å²) < 4.78 is 5.43.